The standard InChI is InChI=1S/C77H144O6/c1-4-7-10-13-16-19-22-25-27-29-31-33-34-35-36-37-38-39-40-41-42-44-45-47-49-52-55-58-61-64-67-70-76(79)82-73-74(72-81-75(78)69-66-63-60-57-54-51-24-21-18-15-12-9-6-3)83-77(80)71-68-65-62-59-56-53-50-48-46-43-32-30-28-26-23-20-17-14-11-8-5-2/h23,26,30,32,46,48,74H,4-22,24-25,27-29,31,33-45,47,49-73H2,1-3H3/b26-23-,32-30-,48-46-. The topological polar surface area (TPSA) is 78.9 Å². The smallest absolute Gasteiger partial charge is 0.306 e. The molecule has 488 valence electrons. The van der Waals surface area contributed by atoms with Crippen molar-refractivity contribution in [2.45, 2.75) is 425 Å². The average Bonchev–Trinajstić information content (AvgIpc) is 3.49. The Bertz CT molecular complexity index is 1380. The Morgan fingerprint density at radius 2 is 0.434 bits per heavy atom. The van der Waals surface area contributed by atoms with Crippen LogP contribution in [0.15, 0.2) is 36.5 Å². The normalized spacial score (nSPS) is 12.2. The number of unbranched alkanes of at least 4 members (excludes halogenated alkanes) is 53. The maximum Gasteiger partial charge on any atom is 0.306 e. The fourth-order valence-electron chi connectivity index (χ4n) is 11.5. The molecular weight excluding hydrogens is 1020 g/mol. The Morgan fingerprint density at radius 3 is 0.675 bits per heavy atom. The molecule has 0 rings (SSSR count). The van der Waals surface area contributed by atoms with E-state index in [1.165, 1.54) is 302 Å². The van der Waals surface area contributed by atoms with Gasteiger partial charge in [0.1, 0.15) is 13.2 Å². The summed E-state index contributed by atoms with van der Waals surface area (Å²) in [7, 11) is 0. The van der Waals surface area contributed by atoms with Gasteiger partial charge in [0, 0.05) is 19.3 Å². The van der Waals surface area contributed by atoms with Gasteiger partial charge < -0.3 is 14.2 Å². The minimum Gasteiger partial charge on any atom is -0.462 e. The molecule has 6 heteroatoms. The summed E-state index contributed by atoms with van der Waals surface area (Å²) in [6, 6.07) is 0. The van der Waals surface area contributed by atoms with Crippen molar-refractivity contribution in [3.63, 3.8) is 0 Å². The van der Waals surface area contributed by atoms with Crippen molar-refractivity contribution in [1.29, 1.82) is 0 Å². The number of esters is 3. The molecule has 1 unspecified atom stereocenters. The molecule has 0 aromatic carbocycles. The third-order valence-electron chi connectivity index (χ3n) is 17.1. The fraction of sp³-hybridized carbons (Fsp3) is 0.883. The molecular formula is C77H144O6. The van der Waals surface area contributed by atoms with Crippen LogP contribution in [0.2, 0.25) is 0 Å². The molecule has 83 heavy (non-hydrogen) atoms. The molecule has 0 aromatic heterocycles. The second-order valence-electron chi connectivity index (χ2n) is 25.6. The van der Waals surface area contributed by atoms with Crippen LogP contribution in [-0.2, 0) is 28.6 Å². The van der Waals surface area contributed by atoms with Gasteiger partial charge in [-0.15, -0.1) is 0 Å². The monoisotopic (exact) mass is 1170 g/mol. The van der Waals surface area contributed by atoms with Gasteiger partial charge in [0.15, 0.2) is 6.10 Å². The van der Waals surface area contributed by atoms with Crippen LogP contribution in [0.1, 0.15) is 419 Å². The number of hydrogen-bond donors (Lipinski definition) is 0. The van der Waals surface area contributed by atoms with Crippen molar-refractivity contribution in [3.8, 4) is 0 Å². The minimum atomic E-state index is -0.777. The van der Waals surface area contributed by atoms with E-state index in [0.717, 1.165) is 77.0 Å². The average molecular weight is 1170 g/mol. The second-order valence-corrected chi connectivity index (χ2v) is 25.6. The molecule has 1 atom stereocenters. The zero-order valence-electron chi connectivity index (χ0n) is 56.2. The van der Waals surface area contributed by atoms with Gasteiger partial charge in [-0.25, -0.2) is 0 Å². The Morgan fingerprint density at radius 1 is 0.241 bits per heavy atom. The van der Waals surface area contributed by atoms with Gasteiger partial charge in [-0.2, -0.15) is 0 Å². The minimum absolute atomic E-state index is 0.0718. The van der Waals surface area contributed by atoms with E-state index in [1.54, 1.807) is 0 Å². The highest BCUT2D eigenvalue weighted by atomic mass is 16.6. The maximum absolute atomic E-state index is 13.0. The first-order valence-corrected chi connectivity index (χ1v) is 37.5. The molecule has 0 bridgehead atoms. The third kappa shape index (κ3) is 70.3. The maximum atomic E-state index is 13.0. The molecule has 0 radical (unpaired) electrons. The van der Waals surface area contributed by atoms with Crippen LogP contribution < -0.4 is 0 Å². The Balaban J connectivity index is 4.17. The van der Waals surface area contributed by atoms with Gasteiger partial charge >= 0.3 is 17.9 Å². The van der Waals surface area contributed by atoms with Crippen molar-refractivity contribution in [2.75, 3.05) is 13.2 Å². The molecule has 0 saturated heterocycles. The number of carbonyl (C=O) groups excluding carboxylic acids is 3. The van der Waals surface area contributed by atoms with E-state index in [-0.39, 0.29) is 31.1 Å². The van der Waals surface area contributed by atoms with E-state index in [0.29, 0.717) is 19.3 Å². The van der Waals surface area contributed by atoms with Crippen molar-refractivity contribution in [2.24, 2.45) is 0 Å². The Labute approximate surface area is 518 Å². The fourth-order valence-corrected chi connectivity index (χ4v) is 11.5. The summed E-state index contributed by atoms with van der Waals surface area (Å²) in [5, 5.41) is 0. The first-order valence-electron chi connectivity index (χ1n) is 37.5. The zero-order valence-corrected chi connectivity index (χ0v) is 56.2. The largest absolute Gasteiger partial charge is 0.462 e. The van der Waals surface area contributed by atoms with Crippen LogP contribution in [0.25, 0.3) is 0 Å². The summed E-state index contributed by atoms with van der Waals surface area (Å²) in [6.45, 7) is 6.70. The highest BCUT2D eigenvalue weighted by molar-refractivity contribution is 5.71. The lowest BCUT2D eigenvalue weighted by molar-refractivity contribution is -0.167. The van der Waals surface area contributed by atoms with Gasteiger partial charge in [0.2, 0.25) is 0 Å². The van der Waals surface area contributed by atoms with Gasteiger partial charge in [0.25, 0.3) is 0 Å². The van der Waals surface area contributed by atoms with Gasteiger partial charge in [0.05, 0.1) is 0 Å². The van der Waals surface area contributed by atoms with E-state index in [2.05, 4.69) is 57.2 Å². The van der Waals surface area contributed by atoms with Crippen LogP contribution in [0.5, 0.6) is 0 Å². The molecule has 0 aliphatic heterocycles. The third-order valence-corrected chi connectivity index (χ3v) is 17.1. The zero-order chi connectivity index (χ0) is 59.9. The first kappa shape index (κ1) is 80.6. The van der Waals surface area contributed by atoms with Crippen LogP contribution in [0.3, 0.4) is 0 Å². The van der Waals surface area contributed by atoms with Crippen LogP contribution in [0, 0.1) is 0 Å². The van der Waals surface area contributed by atoms with E-state index in [4.69, 9.17) is 14.2 Å². The van der Waals surface area contributed by atoms with E-state index in [9.17, 15) is 14.4 Å². The molecule has 0 aliphatic carbocycles. The lowest BCUT2D eigenvalue weighted by Crippen LogP contribution is -2.30. The molecule has 0 aliphatic rings. The highest BCUT2D eigenvalue weighted by Crippen LogP contribution is 2.19. The predicted octanol–water partition coefficient (Wildman–Crippen LogP) is 25.9. The molecule has 6 nitrogen and oxygen atoms in total. The van der Waals surface area contributed by atoms with Crippen LogP contribution in [0.4, 0.5) is 0 Å². The van der Waals surface area contributed by atoms with Crippen LogP contribution >= 0.6 is 0 Å². The first-order chi connectivity index (χ1) is 41.0. The quantitative estimate of drug-likeness (QED) is 0.0261. The summed E-state index contributed by atoms with van der Waals surface area (Å²) < 4.78 is 17.0. The summed E-state index contributed by atoms with van der Waals surface area (Å²) in [5.41, 5.74) is 0. The van der Waals surface area contributed by atoms with Crippen molar-refractivity contribution >= 4 is 17.9 Å². The second kappa shape index (κ2) is 72.1. The highest BCUT2D eigenvalue weighted by Gasteiger charge is 2.20. The Hall–Kier alpha value is -2.37. The number of hydrogen-bond acceptors (Lipinski definition) is 6. The lowest BCUT2D eigenvalue weighted by Gasteiger charge is -2.18. The van der Waals surface area contributed by atoms with E-state index < -0.39 is 6.10 Å². The van der Waals surface area contributed by atoms with Crippen molar-refractivity contribution in [3.05, 3.63) is 36.5 Å². The van der Waals surface area contributed by atoms with Crippen molar-refractivity contribution in [1.82, 2.24) is 0 Å². The number of allylic oxidation sites excluding steroid dienone is 6. The molecule has 0 aromatic rings. The molecule has 0 amide bonds. The van der Waals surface area contributed by atoms with Gasteiger partial charge in [-0.3, -0.25) is 14.4 Å². The summed E-state index contributed by atoms with van der Waals surface area (Å²) in [6.07, 6.45) is 90.5. The number of ether oxygens (including phenoxy) is 3. The van der Waals surface area contributed by atoms with E-state index in [1.807, 2.05) is 0 Å². The predicted molar refractivity (Wildman–Crippen MR) is 362 cm³/mol. The lowest BCUT2D eigenvalue weighted by atomic mass is 10.0. The molecule has 0 spiro atoms. The summed E-state index contributed by atoms with van der Waals surface area (Å²) >= 11 is 0. The number of rotatable bonds is 70. The molecule has 0 heterocycles. The number of carbonyl (C=O) groups is 3. The SMILES string of the molecule is CCCCCCC/C=C\C/C=C\C/C=C\CCCCCCCCC(=O)OC(COC(=O)CCCCCCCCCCCCCCC)COC(=O)CCCCCCCCCCCCCCCCCCCCCCCCCCCCCCCCC. The molecule has 0 fully saturated rings. The Kier molecular flexibility index (Phi) is 70.0. The van der Waals surface area contributed by atoms with E-state index >= 15 is 0 Å². The molecule has 0 N–H and O–H groups in total. The van der Waals surface area contributed by atoms with Crippen molar-refractivity contribution < 1.29 is 28.6 Å². The molecule has 0 saturated carbocycles. The van der Waals surface area contributed by atoms with Crippen LogP contribution in [-0.4, -0.2) is 37.2 Å². The van der Waals surface area contributed by atoms with Gasteiger partial charge in [-0.05, 0) is 57.8 Å². The van der Waals surface area contributed by atoms with Gasteiger partial charge in [-0.1, -0.05) is 378 Å². The summed E-state index contributed by atoms with van der Waals surface area (Å²) in [5.74, 6) is -0.854. The summed E-state index contributed by atoms with van der Waals surface area (Å²) in [4.78, 5) is 38.4.